The van der Waals surface area contributed by atoms with Gasteiger partial charge in [-0.3, -0.25) is 4.79 Å². The minimum atomic E-state index is -0.0874. The molecule has 3 nitrogen and oxygen atoms in total. The summed E-state index contributed by atoms with van der Waals surface area (Å²) < 4.78 is 5.49. The summed E-state index contributed by atoms with van der Waals surface area (Å²) in [6.07, 6.45) is 0. The van der Waals surface area contributed by atoms with Crippen LogP contribution in [0.1, 0.15) is 10.6 Å². The summed E-state index contributed by atoms with van der Waals surface area (Å²) >= 11 is 3.30. The molecule has 0 N–H and O–H groups in total. The highest BCUT2D eigenvalue weighted by Gasteiger charge is 2.15. The van der Waals surface area contributed by atoms with Gasteiger partial charge in [-0.05, 0) is 12.1 Å². The number of fused-ring (bicyclic) bond motifs is 1. The van der Waals surface area contributed by atoms with Crippen LogP contribution in [0.25, 0.3) is 11.0 Å². The first-order valence-corrected chi connectivity index (χ1v) is 6.14. The van der Waals surface area contributed by atoms with Gasteiger partial charge in [-0.2, -0.15) is 0 Å². The molecule has 0 spiro atoms. The number of alkyl halides is 1. The van der Waals surface area contributed by atoms with Gasteiger partial charge >= 0.3 is 0 Å². The molecule has 0 saturated heterocycles. The maximum atomic E-state index is 11.9. The van der Waals surface area contributed by atoms with Crippen molar-refractivity contribution in [2.45, 2.75) is 0 Å². The molecule has 0 aliphatic carbocycles. The lowest BCUT2D eigenvalue weighted by Crippen LogP contribution is -2.27. The Balaban J connectivity index is 2.29. The summed E-state index contributed by atoms with van der Waals surface area (Å²) in [5.41, 5.74) is 0.748. The van der Waals surface area contributed by atoms with E-state index in [0.29, 0.717) is 12.3 Å². The Morgan fingerprint density at radius 3 is 2.88 bits per heavy atom. The molecule has 0 atom stereocenters. The van der Waals surface area contributed by atoms with Crippen LogP contribution >= 0.6 is 15.9 Å². The quantitative estimate of drug-likeness (QED) is 0.811. The SMILES string of the molecule is CN(CCBr)C(=O)c1cc2ccccc2o1. The van der Waals surface area contributed by atoms with E-state index in [9.17, 15) is 4.79 Å². The Bertz CT molecular complexity index is 473. The van der Waals surface area contributed by atoms with Gasteiger partial charge in [0.1, 0.15) is 5.58 Å². The zero-order valence-electron chi connectivity index (χ0n) is 8.94. The average Bonchev–Trinajstić information content (AvgIpc) is 2.71. The topological polar surface area (TPSA) is 33.5 Å². The van der Waals surface area contributed by atoms with Crippen LogP contribution in [0.5, 0.6) is 0 Å². The van der Waals surface area contributed by atoms with Gasteiger partial charge < -0.3 is 9.32 Å². The second-order valence-electron chi connectivity index (χ2n) is 3.56. The minimum absolute atomic E-state index is 0.0874. The number of nitrogens with zero attached hydrogens (tertiary/aromatic N) is 1. The number of carbonyl (C=O) groups excluding carboxylic acids is 1. The van der Waals surface area contributed by atoms with Gasteiger partial charge in [0.05, 0.1) is 0 Å². The molecule has 0 radical (unpaired) electrons. The minimum Gasteiger partial charge on any atom is -0.451 e. The predicted molar refractivity (Wildman–Crippen MR) is 67.0 cm³/mol. The van der Waals surface area contributed by atoms with E-state index >= 15 is 0 Å². The van der Waals surface area contributed by atoms with Crippen molar-refractivity contribution < 1.29 is 9.21 Å². The molecular weight excluding hydrogens is 270 g/mol. The van der Waals surface area contributed by atoms with Crippen LogP contribution in [0.3, 0.4) is 0 Å². The number of amides is 1. The second kappa shape index (κ2) is 4.70. The lowest BCUT2D eigenvalue weighted by atomic mass is 10.2. The molecule has 1 aromatic carbocycles. The molecule has 0 aliphatic heterocycles. The van der Waals surface area contributed by atoms with Crippen molar-refractivity contribution in [1.29, 1.82) is 0 Å². The number of hydrogen-bond acceptors (Lipinski definition) is 2. The number of furan rings is 1. The lowest BCUT2D eigenvalue weighted by molar-refractivity contribution is 0.0775. The van der Waals surface area contributed by atoms with Gasteiger partial charge in [0, 0.05) is 24.3 Å². The molecule has 0 saturated carbocycles. The van der Waals surface area contributed by atoms with E-state index in [1.807, 2.05) is 24.3 Å². The van der Waals surface area contributed by atoms with Gasteiger partial charge in [0.15, 0.2) is 5.76 Å². The first-order chi connectivity index (χ1) is 7.72. The Labute approximate surface area is 102 Å². The normalized spacial score (nSPS) is 10.6. The van der Waals surface area contributed by atoms with Crippen molar-refractivity contribution in [2.75, 3.05) is 18.9 Å². The van der Waals surface area contributed by atoms with E-state index in [1.165, 1.54) is 0 Å². The summed E-state index contributed by atoms with van der Waals surface area (Å²) in [4.78, 5) is 13.5. The van der Waals surface area contributed by atoms with E-state index in [1.54, 1.807) is 18.0 Å². The van der Waals surface area contributed by atoms with Crippen LogP contribution in [0.2, 0.25) is 0 Å². The maximum absolute atomic E-state index is 11.9. The Morgan fingerprint density at radius 2 is 2.19 bits per heavy atom. The highest BCUT2D eigenvalue weighted by atomic mass is 79.9. The highest BCUT2D eigenvalue weighted by Crippen LogP contribution is 2.19. The number of para-hydroxylation sites is 1. The predicted octanol–water partition coefficient (Wildman–Crippen LogP) is 2.90. The smallest absolute Gasteiger partial charge is 0.289 e. The number of rotatable bonds is 3. The Kier molecular flexibility index (Phi) is 3.29. The average molecular weight is 282 g/mol. The Morgan fingerprint density at radius 1 is 1.44 bits per heavy atom. The van der Waals surface area contributed by atoms with Gasteiger partial charge in [0.2, 0.25) is 0 Å². The summed E-state index contributed by atoms with van der Waals surface area (Å²) in [5, 5.41) is 1.72. The summed E-state index contributed by atoms with van der Waals surface area (Å²) in [6, 6.07) is 9.38. The lowest BCUT2D eigenvalue weighted by Gasteiger charge is -2.13. The fourth-order valence-electron chi connectivity index (χ4n) is 1.50. The highest BCUT2D eigenvalue weighted by molar-refractivity contribution is 9.09. The van der Waals surface area contributed by atoms with Gasteiger partial charge in [-0.25, -0.2) is 0 Å². The van der Waals surface area contributed by atoms with Crippen LogP contribution < -0.4 is 0 Å². The third-order valence-corrected chi connectivity index (χ3v) is 2.76. The fourth-order valence-corrected chi connectivity index (χ4v) is 2.04. The molecule has 2 aromatic rings. The van der Waals surface area contributed by atoms with Crippen LogP contribution in [0.15, 0.2) is 34.7 Å². The van der Waals surface area contributed by atoms with Crippen molar-refractivity contribution in [1.82, 2.24) is 4.90 Å². The third-order valence-electron chi connectivity index (χ3n) is 2.40. The summed E-state index contributed by atoms with van der Waals surface area (Å²) in [6.45, 7) is 0.663. The molecule has 84 valence electrons. The van der Waals surface area contributed by atoms with Crippen molar-refractivity contribution in [3.8, 4) is 0 Å². The fraction of sp³-hybridized carbons (Fsp3) is 0.250. The zero-order valence-corrected chi connectivity index (χ0v) is 10.5. The molecule has 0 fully saturated rings. The Hall–Kier alpha value is -1.29. The van der Waals surface area contributed by atoms with E-state index in [-0.39, 0.29) is 5.91 Å². The number of carbonyl (C=O) groups is 1. The number of benzene rings is 1. The molecule has 1 amide bonds. The molecular formula is C12H12BrNO2. The van der Waals surface area contributed by atoms with Crippen molar-refractivity contribution in [2.24, 2.45) is 0 Å². The molecule has 16 heavy (non-hydrogen) atoms. The molecule has 0 aliphatic rings. The molecule has 0 unspecified atom stereocenters. The van der Waals surface area contributed by atoms with Crippen molar-refractivity contribution in [3.63, 3.8) is 0 Å². The van der Waals surface area contributed by atoms with Crippen molar-refractivity contribution >= 4 is 32.8 Å². The van der Waals surface area contributed by atoms with Gasteiger partial charge in [-0.1, -0.05) is 34.1 Å². The van der Waals surface area contributed by atoms with Crippen LogP contribution in [0, 0.1) is 0 Å². The largest absolute Gasteiger partial charge is 0.451 e. The first kappa shape index (κ1) is 11.2. The van der Waals surface area contributed by atoms with Crippen LogP contribution in [0.4, 0.5) is 0 Å². The van der Waals surface area contributed by atoms with Crippen molar-refractivity contribution in [3.05, 3.63) is 36.1 Å². The van der Waals surface area contributed by atoms with E-state index in [2.05, 4.69) is 15.9 Å². The van der Waals surface area contributed by atoms with Crippen LogP contribution in [-0.2, 0) is 0 Å². The van der Waals surface area contributed by atoms with E-state index < -0.39 is 0 Å². The molecule has 1 aromatic heterocycles. The summed E-state index contributed by atoms with van der Waals surface area (Å²) in [7, 11) is 1.76. The van der Waals surface area contributed by atoms with Gasteiger partial charge in [-0.15, -0.1) is 0 Å². The number of hydrogen-bond donors (Lipinski definition) is 0. The van der Waals surface area contributed by atoms with Crippen LogP contribution in [-0.4, -0.2) is 29.7 Å². The first-order valence-electron chi connectivity index (χ1n) is 5.02. The molecule has 0 bridgehead atoms. The molecule has 4 heteroatoms. The number of halogens is 1. The monoisotopic (exact) mass is 281 g/mol. The maximum Gasteiger partial charge on any atom is 0.289 e. The molecule has 1 heterocycles. The third kappa shape index (κ3) is 2.11. The standard InChI is InChI=1S/C12H12BrNO2/c1-14(7-6-13)12(15)11-8-9-4-2-3-5-10(9)16-11/h2-5,8H,6-7H2,1H3. The van der Waals surface area contributed by atoms with E-state index in [4.69, 9.17) is 4.42 Å². The zero-order chi connectivity index (χ0) is 11.5. The van der Waals surface area contributed by atoms with Gasteiger partial charge in [0.25, 0.3) is 5.91 Å². The second-order valence-corrected chi connectivity index (χ2v) is 4.36. The summed E-state index contributed by atoms with van der Waals surface area (Å²) in [5.74, 6) is 0.306. The van der Waals surface area contributed by atoms with E-state index in [0.717, 1.165) is 16.3 Å². The molecule has 2 rings (SSSR count).